The second kappa shape index (κ2) is 4.87. The fraction of sp³-hybridized carbons (Fsp3) is 0.182. The van der Waals surface area contributed by atoms with E-state index in [0.29, 0.717) is 27.9 Å². The van der Waals surface area contributed by atoms with Crippen LogP contribution in [0.15, 0.2) is 35.1 Å². The number of nitrogens with zero attached hydrogens (tertiary/aromatic N) is 1. The lowest BCUT2D eigenvalue weighted by Gasteiger charge is -2.10. The van der Waals surface area contributed by atoms with Crippen molar-refractivity contribution in [2.24, 2.45) is 0 Å². The molecule has 0 amide bonds. The van der Waals surface area contributed by atoms with E-state index in [9.17, 15) is 5.11 Å². The summed E-state index contributed by atoms with van der Waals surface area (Å²) in [5, 5.41) is 10.7. The largest absolute Gasteiger partial charge is 0.469 e. The van der Waals surface area contributed by atoms with Crippen LogP contribution in [0.4, 0.5) is 0 Å². The van der Waals surface area contributed by atoms with Crippen LogP contribution < -0.4 is 0 Å². The van der Waals surface area contributed by atoms with E-state index in [-0.39, 0.29) is 0 Å². The van der Waals surface area contributed by atoms with Gasteiger partial charge in [0.05, 0.1) is 22.0 Å². The molecule has 84 valence electrons. The first-order valence-corrected chi connectivity index (χ1v) is 5.44. The van der Waals surface area contributed by atoms with Crippen molar-refractivity contribution in [3.63, 3.8) is 0 Å². The zero-order chi connectivity index (χ0) is 11.5. The Morgan fingerprint density at radius 1 is 1.44 bits per heavy atom. The molecule has 0 saturated carbocycles. The third-order valence-electron chi connectivity index (χ3n) is 2.13. The molecule has 0 bridgehead atoms. The second-order valence-corrected chi connectivity index (χ2v) is 4.16. The molecule has 1 N–H and O–H groups in total. The third kappa shape index (κ3) is 2.55. The summed E-state index contributed by atoms with van der Waals surface area (Å²) in [7, 11) is 0. The van der Waals surface area contributed by atoms with E-state index in [0.717, 1.165) is 0 Å². The molecule has 0 aliphatic heterocycles. The Morgan fingerprint density at radius 3 is 2.88 bits per heavy atom. The highest BCUT2D eigenvalue weighted by Crippen LogP contribution is 2.26. The van der Waals surface area contributed by atoms with E-state index in [1.54, 1.807) is 24.5 Å². The highest BCUT2D eigenvalue weighted by atomic mass is 35.5. The van der Waals surface area contributed by atoms with Crippen molar-refractivity contribution in [1.82, 2.24) is 4.98 Å². The van der Waals surface area contributed by atoms with Gasteiger partial charge in [0.15, 0.2) is 0 Å². The number of aliphatic hydroxyl groups excluding tert-OH is 1. The van der Waals surface area contributed by atoms with Gasteiger partial charge in [-0.05, 0) is 18.2 Å². The number of pyridine rings is 1. The highest BCUT2D eigenvalue weighted by Gasteiger charge is 2.15. The topological polar surface area (TPSA) is 46.3 Å². The van der Waals surface area contributed by atoms with Gasteiger partial charge in [0.1, 0.15) is 11.9 Å². The Labute approximate surface area is 103 Å². The van der Waals surface area contributed by atoms with E-state index in [4.69, 9.17) is 27.6 Å². The average molecular weight is 258 g/mol. The van der Waals surface area contributed by atoms with E-state index >= 15 is 0 Å². The van der Waals surface area contributed by atoms with E-state index in [1.807, 2.05) is 0 Å². The van der Waals surface area contributed by atoms with Crippen LogP contribution in [0.25, 0.3) is 0 Å². The Balaban J connectivity index is 2.17. The molecule has 2 rings (SSSR count). The predicted octanol–water partition coefficient (Wildman–Crippen LogP) is 3.26. The van der Waals surface area contributed by atoms with Gasteiger partial charge in [0, 0.05) is 12.6 Å². The van der Waals surface area contributed by atoms with Gasteiger partial charge in [0.25, 0.3) is 0 Å². The number of rotatable bonds is 3. The van der Waals surface area contributed by atoms with Crippen molar-refractivity contribution in [3.8, 4) is 0 Å². The molecule has 0 radical (unpaired) electrons. The molecule has 0 aromatic carbocycles. The summed E-state index contributed by atoms with van der Waals surface area (Å²) < 4.78 is 5.13. The summed E-state index contributed by atoms with van der Waals surface area (Å²) in [5.41, 5.74) is 0.405. The summed E-state index contributed by atoms with van der Waals surface area (Å²) in [6.45, 7) is 0. The minimum Gasteiger partial charge on any atom is -0.469 e. The first kappa shape index (κ1) is 11.5. The Hall–Kier alpha value is -1.03. The molecule has 5 heteroatoms. The average Bonchev–Trinajstić information content (AvgIpc) is 2.70. The number of aromatic nitrogens is 1. The Morgan fingerprint density at radius 2 is 2.25 bits per heavy atom. The third-order valence-corrected chi connectivity index (χ3v) is 2.64. The zero-order valence-electron chi connectivity index (χ0n) is 8.23. The summed E-state index contributed by atoms with van der Waals surface area (Å²) in [6, 6.07) is 5.10. The van der Waals surface area contributed by atoms with Gasteiger partial charge in [-0.3, -0.25) is 4.98 Å². The van der Waals surface area contributed by atoms with Gasteiger partial charge in [-0.15, -0.1) is 0 Å². The molecule has 2 aromatic rings. The minimum absolute atomic E-state index is 0.335. The van der Waals surface area contributed by atoms with Gasteiger partial charge in [-0.25, -0.2) is 0 Å². The fourth-order valence-corrected chi connectivity index (χ4v) is 1.89. The first-order chi connectivity index (χ1) is 7.66. The molecule has 3 nitrogen and oxygen atoms in total. The number of halogens is 2. The maximum atomic E-state index is 9.91. The quantitative estimate of drug-likeness (QED) is 0.919. The monoisotopic (exact) mass is 257 g/mol. The maximum absolute atomic E-state index is 9.91. The van der Waals surface area contributed by atoms with Crippen molar-refractivity contribution in [3.05, 3.63) is 52.2 Å². The Bertz CT molecular complexity index is 471. The summed E-state index contributed by atoms with van der Waals surface area (Å²) >= 11 is 11.6. The van der Waals surface area contributed by atoms with Crippen molar-refractivity contribution in [2.45, 2.75) is 12.5 Å². The lowest BCUT2D eigenvalue weighted by molar-refractivity contribution is 0.166. The van der Waals surface area contributed by atoms with Crippen LogP contribution in [-0.2, 0) is 6.42 Å². The Kier molecular flexibility index (Phi) is 3.49. The standard InChI is InChI=1S/C11H9Cl2NO2/c12-7-4-9(13)11(14-6-7)10(15)5-8-2-1-3-16-8/h1-4,6,10,15H,5H2. The van der Waals surface area contributed by atoms with Crippen molar-refractivity contribution in [1.29, 1.82) is 0 Å². The molecule has 1 unspecified atom stereocenters. The molecule has 2 aromatic heterocycles. The zero-order valence-corrected chi connectivity index (χ0v) is 9.74. The van der Waals surface area contributed by atoms with Gasteiger partial charge in [0.2, 0.25) is 0 Å². The maximum Gasteiger partial charge on any atom is 0.106 e. The lowest BCUT2D eigenvalue weighted by Crippen LogP contribution is -2.04. The van der Waals surface area contributed by atoms with E-state index in [1.165, 1.54) is 6.20 Å². The number of hydrogen-bond donors (Lipinski definition) is 1. The van der Waals surface area contributed by atoms with Crippen LogP contribution in [0.5, 0.6) is 0 Å². The number of furan rings is 1. The van der Waals surface area contributed by atoms with Crippen LogP contribution in [0.2, 0.25) is 10.0 Å². The van der Waals surface area contributed by atoms with Crippen LogP contribution in [-0.4, -0.2) is 10.1 Å². The smallest absolute Gasteiger partial charge is 0.106 e. The van der Waals surface area contributed by atoms with Gasteiger partial charge >= 0.3 is 0 Å². The van der Waals surface area contributed by atoms with Gasteiger partial charge in [-0.2, -0.15) is 0 Å². The first-order valence-electron chi connectivity index (χ1n) is 4.68. The summed E-state index contributed by atoms with van der Waals surface area (Å²) in [4.78, 5) is 4.00. The van der Waals surface area contributed by atoms with Crippen LogP contribution in [0, 0.1) is 0 Å². The molecule has 2 heterocycles. The summed E-state index contributed by atoms with van der Waals surface area (Å²) in [6.07, 6.45) is 2.55. The molecule has 0 saturated heterocycles. The van der Waals surface area contributed by atoms with Crippen molar-refractivity contribution >= 4 is 23.2 Å². The van der Waals surface area contributed by atoms with Crippen LogP contribution in [0.1, 0.15) is 17.6 Å². The van der Waals surface area contributed by atoms with Crippen molar-refractivity contribution < 1.29 is 9.52 Å². The van der Waals surface area contributed by atoms with E-state index in [2.05, 4.69) is 4.98 Å². The fourth-order valence-electron chi connectivity index (χ4n) is 1.39. The number of hydrogen-bond acceptors (Lipinski definition) is 3. The predicted molar refractivity (Wildman–Crippen MR) is 61.6 cm³/mol. The molecule has 0 fully saturated rings. The van der Waals surface area contributed by atoms with E-state index < -0.39 is 6.10 Å². The van der Waals surface area contributed by atoms with Crippen LogP contribution in [0.3, 0.4) is 0 Å². The molecule has 0 aliphatic rings. The van der Waals surface area contributed by atoms with Gasteiger partial charge < -0.3 is 9.52 Å². The minimum atomic E-state index is -0.795. The summed E-state index contributed by atoms with van der Waals surface area (Å²) in [5.74, 6) is 0.681. The van der Waals surface area contributed by atoms with Crippen molar-refractivity contribution in [2.75, 3.05) is 0 Å². The molecular weight excluding hydrogens is 249 g/mol. The normalized spacial score (nSPS) is 12.7. The lowest BCUT2D eigenvalue weighted by atomic mass is 10.1. The molecule has 0 spiro atoms. The molecule has 0 aliphatic carbocycles. The second-order valence-electron chi connectivity index (χ2n) is 3.32. The molecular formula is C11H9Cl2NO2. The SMILES string of the molecule is OC(Cc1ccco1)c1ncc(Cl)cc1Cl. The molecule has 1 atom stereocenters. The molecule has 16 heavy (non-hydrogen) atoms. The number of aliphatic hydroxyl groups is 1. The van der Waals surface area contributed by atoms with Crippen LogP contribution >= 0.6 is 23.2 Å². The van der Waals surface area contributed by atoms with Gasteiger partial charge in [-0.1, -0.05) is 23.2 Å². The highest BCUT2D eigenvalue weighted by molar-refractivity contribution is 6.34.